The van der Waals surface area contributed by atoms with Crippen molar-refractivity contribution in [2.75, 3.05) is 0 Å². The monoisotopic (exact) mass is 940 g/mol. The van der Waals surface area contributed by atoms with E-state index in [1.165, 1.54) is 21.5 Å². The first kappa shape index (κ1) is 41.4. The molecule has 0 aliphatic rings. The van der Waals surface area contributed by atoms with E-state index in [1.54, 1.807) is 0 Å². The highest BCUT2D eigenvalue weighted by atomic mass is 15.0. The third-order valence-electron chi connectivity index (χ3n) is 15.2. The first-order chi connectivity index (χ1) is 36.7. The highest BCUT2D eigenvalue weighted by molar-refractivity contribution is 6.30. The van der Waals surface area contributed by atoms with Gasteiger partial charge in [0, 0.05) is 60.5 Å². The Hall–Kier alpha value is -10.4. The summed E-state index contributed by atoms with van der Waals surface area (Å²) in [5.74, 6) is 0. The van der Waals surface area contributed by atoms with Crippen molar-refractivity contribution in [3.8, 4) is 51.1 Å². The molecule has 15 rings (SSSR count). The average Bonchev–Trinajstić information content (AvgIpc) is 4.21. The van der Waals surface area contributed by atoms with Gasteiger partial charge in [0.1, 0.15) is 6.07 Å². The van der Waals surface area contributed by atoms with Gasteiger partial charge >= 0.3 is 0 Å². The van der Waals surface area contributed by atoms with Crippen molar-refractivity contribution < 1.29 is 0 Å². The molecule has 0 spiro atoms. The van der Waals surface area contributed by atoms with E-state index in [0.717, 1.165) is 99.6 Å². The van der Waals surface area contributed by atoms with Crippen LogP contribution in [0.4, 0.5) is 5.69 Å². The number of nitriles is 1. The molecule has 0 bridgehead atoms. The van der Waals surface area contributed by atoms with E-state index in [9.17, 15) is 11.8 Å². The molecule has 4 aromatic heterocycles. The molecule has 0 saturated carbocycles. The fraction of sp³-hybridized carbons (Fsp3) is 0. The van der Waals surface area contributed by atoms with Crippen LogP contribution in [0, 0.1) is 17.9 Å². The Labute approximate surface area is 425 Å². The highest BCUT2D eigenvalue weighted by Crippen LogP contribution is 2.50. The molecule has 4 heterocycles. The van der Waals surface area contributed by atoms with E-state index in [1.807, 2.05) is 12.1 Å². The molecule has 11 aromatic carbocycles. The Morgan fingerprint density at radius 2 is 0.703 bits per heavy atom. The van der Waals surface area contributed by atoms with E-state index >= 15 is 0 Å². The lowest BCUT2D eigenvalue weighted by atomic mass is 9.98. The van der Waals surface area contributed by atoms with Crippen LogP contribution in [0.1, 0.15) is 5.56 Å². The topological polar surface area (TPSA) is 47.9 Å². The van der Waals surface area contributed by atoms with Crippen LogP contribution in [0.3, 0.4) is 0 Å². The van der Waals surface area contributed by atoms with E-state index in [-0.39, 0.29) is 0 Å². The Balaban J connectivity index is 1.03. The van der Waals surface area contributed by atoms with Gasteiger partial charge in [-0.2, -0.15) is 5.26 Å². The summed E-state index contributed by atoms with van der Waals surface area (Å²) in [4.78, 5) is 4.56. The Kier molecular flexibility index (Phi) is 8.99. The molecule has 0 unspecified atom stereocenters. The standard InChI is InChI=1S/C68H40N6/c1-70-66-65-56-40-45(43-16-4-2-5-17-43)29-39-62(56)73(49-34-30-47(31-35-49)71-58-24-12-8-20-51(58)52-21-9-13-25-59(52)71)67(65)57(42-69)64-55-38-28-46(44-18-6-3-7-19-44)41-63(55)74(68(64)66)50-36-32-48(33-37-50)72-60-26-14-10-22-53(60)54-23-11-15-27-61(54)72/h2-41H. The number of hydrogen-bond donors (Lipinski definition) is 0. The van der Waals surface area contributed by atoms with E-state index < -0.39 is 0 Å². The number of benzene rings is 11. The van der Waals surface area contributed by atoms with Crippen molar-refractivity contribution in [1.82, 2.24) is 18.3 Å². The van der Waals surface area contributed by atoms with Crippen LogP contribution < -0.4 is 0 Å². The molecule has 0 fully saturated rings. The summed E-state index contributed by atoms with van der Waals surface area (Å²) in [6, 6.07) is 88.1. The smallest absolute Gasteiger partial charge is 0.221 e. The molecule has 0 atom stereocenters. The summed E-state index contributed by atoms with van der Waals surface area (Å²) in [6.45, 7) is 9.29. The predicted molar refractivity (Wildman–Crippen MR) is 306 cm³/mol. The highest BCUT2D eigenvalue weighted by Gasteiger charge is 2.29. The lowest BCUT2D eigenvalue weighted by Gasteiger charge is -2.14. The van der Waals surface area contributed by atoms with Crippen LogP contribution in [-0.2, 0) is 0 Å². The Morgan fingerprint density at radius 3 is 1.16 bits per heavy atom. The number of rotatable bonds is 6. The molecular formula is C68H40N6. The van der Waals surface area contributed by atoms with Gasteiger partial charge in [-0.1, -0.05) is 152 Å². The summed E-state index contributed by atoms with van der Waals surface area (Å²) >= 11 is 0. The van der Waals surface area contributed by atoms with Crippen LogP contribution >= 0.6 is 0 Å². The van der Waals surface area contributed by atoms with E-state index in [0.29, 0.717) is 22.3 Å². The fourth-order valence-electron chi connectivity index (χ4n) is 12.0. The molecule has 6 heteroatoms. The summed E-state index contributed by atoms with van der Waals surface area (Å²) < 4.78 is 9.08. The molecule has 0 saturated heterocycles. The molecule has 342 valence electrons. The summed E-state index contributed by atoms with van der Waals surface area (Å²) in [5.41, 5.74) is 16.9. The van der Waals surface area contributed by atoms with Crippen LogP contribution in [0.15, 0.2) is 243 Å². The van der Waals surface area contributed by atoms with Gasteiger partial charge in [-0.3, -0.25) is 0 Å². The number of nitrogens with zero attached hydrogens (tertiary/aromatic N) is 6. The van der Waals surface area contributed by atoms with Gasteiger partial charge in [0.05, 0.1) is 56.3 Å². The van der Waals surface area contributed by atoms with Crippen molar-refractivity contribution in [2.45, 2.75) is 0 Å². The number of para-hydroxylation sites is 4. The normalized spacial score (nSPS) is 11.8. The molecule has 0 radical (unpaired) electrons. The Bertz CT molecular complexity index is 4770. The zero-order valence-corrected chi connectivity index (χ0v) is 39.8. The molecule has 0 N–H and O–H groups in total. The lowest BCUT2D eigenvalue weighted by Crippen LogP contribution is -1.99. The van der Waals surface area contributed by atoms with Crippen LogP contribution in [0.5, 0.6) is 0 Å². The number of fused-ring (bicyclic) bond motifs is 12. The number of hydrogen-bond acceptors (Lipinski definition) is 1. The van der Waals surface area contributed by atoms with Crippen molar-refractivity contribution in [1.29, 1.82) is 5.26 Å². The van der Waals surface area contributed by atoms with Gasteiger partial charge in [0.15, 0.2) is 0 Å². The van der Waals surface area contributed by atoms with Gasteiger partial charge in [-0.25, -0.2) is 4.85 Å². The molecule has 0 aliphatic carbocycles. The SMILES string of the molecule is [C-]#[N+]c1c2c3cc(-c4ccccc4)ccc3n(-c3ccc(-n4c5ccccc5c5ccccc54)cc3)c2c(C#N)c2c3ccc(-c4ccccc4)cc3n(-c3ccc(-n4c5ccccc5c5ccccc54)cc3)c12. The second-order valence-electron chi connectivity index (χ2n) is 19.0. The first-order valence-electron chi connectivity index (χ1n) is 24.9. The molecule has 15 aromatic rings. The van der Waals surface area contributed by atoms with Gasteiger partial charge in [0.25, 0.3) is 0 Å². The van der Waals surface area contributed by atoms with E-state index in [4.69, 9.17) is 0 Å². The second kappa shape index (κ2) is 16.1. The zero-order valence-electron chi connectivity index (χ0n) is 39.8. The van der Waals surface area contributed by atoms with Gasteiger partial charge in [-0.15, -0.1) is 0 Å². The largest absolute Gasteiger partial charge is 0.319 e. The summed E-state index contributed by atoms with van der Waals surface area (Å²) in [7, 11) is 0. The van der Waals surface area contributed by atoms with Gasteiger partial charge in [0.2, 0.25) is 5.69 Å². The van der Waals surface area contributed by atoms with Crippen molar-refractivity contribution >= 4 is 92.9 Å². The van der Waals surface area contributed by atoms with Gasteiger partial charge in [-0.05, 0) is 119 Å². The third kappa shape index (κ3) is 5.91. The van der Waals surface area contributed by atoms with Crippen LogP contribution in [-0.4, -0.2) is 18.3 Å². The minimum absolute atomic E-state index is 0.494. The minimum Gasteiger partial charge on any atom is -0.319 e. The third-order valence-corrected chi connectivity index (χ3v) is 15.2. The van der Waals surface area contributed by atoms with Crippen molar-refractivity contribution in [3.63, 3.8) is 0 Å². The predicted octanol–water partition coefficient (Wildman–Crippen LogP) is 17.8. The minimum atomic E-state index is 0.494. The first-order valence-corrected chi connectivity index (χ1v) is 24.9. The molecule has 74 heavy (non-hydrogen) atoms. The quantitative estimate of drug-likeness (QED) is 0.153. The Morgan fingerprint density at radius 1 is 0.311 bits per heavy atom. The number of aromatic nitrogens is 4. The maximum absolute atomic E-state index is 11.8. The lowest BCUT2D eigenvalue weighted by molar-refractivity contribution is 1.14. The second-order valence-corrected chi connectivity index (χ2v) is 19.0. The maximum atomic E-state index is 11.8. The van der Waals surface area contributed by atoms with E-state index in [2.05, 4.69) is 260 Å². The van der Waals surface area contributed by atoms with Crippen molar-refractivity contribution in [2.24, 2.45) is 0 Å². The average molecular weight is 941 g/mol. The summed E-state index contributed by atoms with van der Waals surface area (Å²) in [5, 5.41) is 19.9. The van der Waals surface area contributed by atoms with Crippen molar-refractivity contribution in [3.05, 3.63) is 260 Å². The fourth-order valence-corrected chi connectivity index (χ4v) is 12.0. The van der Waals surface area contributed by atoms with Gasteiger partial charge < -0.3 is 18.3 Å². The summed E-state index contributed by atoms with van der Waals surface area (Å²) in [6.07, 6.45) is 0. The van der Waals surface area contributed by atoms with Crippen LogP contribution in [0.2, 0.25) is 0 Å². The maximum Gasteiger partial charge on any atom is 0.221 e. The molecule has 0 aliphatic heterocycles. The molecule has 6 nitrogen and oxygen atoms in total. The molecule has 0 amide bonds. The molecular weight excluding hydrogens is 901 g/mol. The van der Waals surface area contributed by atoms with Crippen LogP contribution in [0.25, 0.3) is 137 Å². The zero-order chi connectivity index (χ0) is 49.0.